The molecule has 1 fully saturated rings. The number of carbonyl (C=O) groups is 1. The normalized spacial score (nSPS) is 22.4. The fraction of sp³-hybridized carbons (Fsp3) is 0.929. The topological polar surface area (TPSA) is 49.8 Å². The van der Waals surface area contributed by atoms with E-state index in [2.05, 4.69) is 13.8 Å². The lowest BCUT2D eigenvalue weighted by molar-refractivity contribution is 0.0105. The second kappa shape index (κ2) is 5.91. The first-order valence-corrected chi connectivity index (χ1v) is 6.86. The van der Waals surface area contributed by atoms with Crippen LogP contribution in [0.15, 0.2) is 0 Å². The van der Waals surface area contributed by atoms with Gasteiger partial charge < -0.3 is 14.7 Å². The van der Waals surface area contributed by atoms with Gasteiger partial charge in [0.1, 0.15) is 5.60 Å². The number of nitrogens with zero attached hydrogens (tertiary/aromatic N) is 1. The Labute approximate surface area is 110 Å². The fourth-order valence-corrected chi connectivity index (χ4v) is 2.56. The fourth-order valence-electron chi connectivity index (χ4n) is 2.56. The summed E-state index contributed by atoms with van der Waals surface area (Å²) < 4.78 is 5.43. The number of carbonyl (C=O) groups excluding carboxylic acids is 1. The van der Waals surface area contributed by atoms with Crippen molar-refractivity contribution in [2.24, 2.45) is 11.8 Å². The van der Waals surface area contributed by atoms with Gasteiger partial charge >= 0.3 is 6.09 Å². The number of hydrogen-bond acceptors (Lipinski definition) is 3. The molecule has 0 aromatic carbocycles. The van der Waals surface area contributed by atoms with Gasteiger partial charge in [-0.15, -0.1) is 0 Å². The molecule has 0 spiro atoms. The predicted octanol–water partition coefficient (Wildman–Crippen LogP) is 2.65. The maximum Gasteiger partial charge on any atom is 0.410 e. The molecule has 2 atom stereocenters. The lowest BCUT2D eigenvalue weighted by Crippen LogP contribution is -2.45. The highest BCUT2D eigenvalue weighted by molar-refractivity contribution is 5.69. The number of hydrogen-bond donors (Lipinski definition) is 1. The van der Waals surface area contributed by atoms with Gasteiger partial charge in [-0.1, -0.05) is 13.8 Å². The van der Waals surface area contributed by atoms with Gasteiger partial charge in [0, 0.05) is 25.1 Å². The summed E-state index contributed by atoms with van der Waals surface area (Å²) in [6, 6.07) is 0.116. The Hall–Kier alpha value is -0.770. The zero-order valence-corrected chi connectivity index (χ0v) is 12.3. The highest BCUT2D eigenvalue weighted by Gasteiger charge is 2.37. The zero-order chi connectivity index (χ0) is 13.9. The molecule has 1 rings (SSSR count). The lowest BCUT2D eigenvalue weighted by atomic mass is 9.88. The van der Waals surface area contributed by atoms with E-state index in [1.165, 1.54) is 0 Å². The second-order valence-corrected chi connectivity index (χ2v) is 6.47. The van der Waals surface area contributed by atoms with Gasteiger partial charge in [0.25, 0.3) is 0 Å². The molecule has 18 heavy (non-hydrogen) atoms. The van der Waals surface area contributed by atoms with E-state index < -0.39 is 5.60 Å². The van der Waals surface area contributed by atoms with Crippen molar-refractivity contribution in [3.63, 3.8) is 0 Å². The van der Waals surface area contributed by atoms with E-state index in [0.29, 0.717) is 5.92 Å². The minimum Gasteiger partial charge on any atom is -0.444 e. The quantitative estimate of drug-likeness (QED) is 0.845. The van der Waals surface area contributed by atoms with Crippen molar-refractivity contribution in [3.8, 4) is 0 Å². The van der Waals surface area contributed by atoms with Crippen LogP contribution in [-0.2, 0) is 4.74 Å². The van der Waals surface area contributed by atoms with E-state index in [0.717, 1.165) is 19.4 Å². The number of aliphatic hydroxyl groups is 1. The van der Waals surface area contributed by atoms with Gasteiger partial charge in [0.15, 0.2) is 0 Å². The van der Waals surface area contributed by atoms with E-state index in [1.807, 2.05) is 20.8 Å². The van der Waals surface area contributed by atoms with E-state index in [9.17, 15) is 9.90 Å². The molecule has 1 aliphatic rings. The minimum atomic E-state index is -0.462. The minimum absolute atomic E-state index is 0.116. The number of aliphatic hydroxyl groups excluding tert-OH is 1. The molecule has 0 aliphatic carbocycles. The summed E-state index contributed by atoms with van der Waals surface area (Å²) >= 11 is 0. The van der Waals surface area contributed by atoms with Gasteiger partial charge in [-0.2, -0.15) is 0 Å². The number of ether oxygens (including phenoxy) is 1. The van der Waals surface area contributed by atoms with Crippen molar-refractivity contribution in [2.75, 3.05) is 13.2 Å². The maximum atomic E-state index is 12.1. The molecule has 4 nitrogen and oxygen atoms in total. The summed E-state index contributed by atoms with van der Waals surface area (Å²) in [6.45, 7) is 10.7. The van der Waals surface area contributed by atoms with Crippen LogP contribution in [0.3, 0.4) is 0 Å². The summed E-state index contributed by atoms with van der Waals surface area (Å²) in [5, 5.41) is 9.51. The monoisotopic (exact) mass is 257 g/mol. The summed E-state index contributed by atoms with van der Waals surface area (Å²) in [4.78, 5) is 13.9. The molecule has 2 unspecified atom stereocenters. The van der Waals surface area contributed by atoms with E-state index in [-0.39, 0.29) is 24.7 Å². The molecular formula is C14H27NO3. The van der Waals surface area contributed by atoms with Crippen LogP contribution in [0.25, 0.3) is 0 Å². The predicted molar refractivity (Wildman–Crippen MR) is 71.4 cm³/mol. The third-order valence-corrected chi connectivity index (χ3v) is 3.49. The molecule has 1 N–H and O–H groups in total. The van der Waals surface area contributed by atoms with Crippen molar-refractivity contribution in [1.29, 1.82) is 0 Å². The Morgan fingerprint density at radius 1 is 1.44 bits per heavy atom. The van der Waals surface area contributed by atoms with Crippen molar-refractivity contribution in [1.82, 2.24) is 4.90 Å². The van der Waals surface area contributed by atoms with Crippen LogP contribution in [-0.4, -0.2) is 40.9 Å². The average molecular weight is 257 g/mol. The van der Waals surface area contributed by atoms with Crippen molar-refractivity contribution >= 4 is 6.09 Å². The summed E-state index contributed by atoms with van der Waals surface area (Å²) in [6.07, 6.45) is 1.71. The number of amides is 1. The van der Waals surface area contributed by atoms with Crippen molar-refractivity contribution < 1.29 is 14.6 Å². The Morgan fingerprint density at radius 3 is 2.50 bits per heavy atom. The van der Waals surface area contributed by atoms with Crippen molar-refractivity contribution in [2.45, 2.75) is 59.1 Å². The zero-order valence-electron chi connectivity index (χ0n) is 12.3. The first-order chi connectivity index (χ1) is 8.26. The molecule has 0 aromatic heterocycles. The Kier molecular flexibility index (Phi) is 5.02. The standard InChI is InChI=1S/C14H27NO3/c1-10(2)11(9-16)12-7-6-8-15(12)13(17)18-14(3,4)5/h10-12,16H,6-9H2,1-5H3. The van der Waals surface area contributed by atoms with Crippen LogP contribution in [0.5, 0.6) is 0 Å². The van der Waals surface area contributed by atoms with Gasteiger partial charge in [0.05, 0.1) is 0 Å². The third-order valence-electron chi connectivity index (χ3n) is 3.49. The van der Waals surface area contributed by atoms with Crippen LogP contribution in [0.1, 0.15) is 47.5 Å². The number of rotatable bonds is 3. The summed E-state index contributed by atoms with van der Waals surface area (Å²) in [7, 11) is 0. The van der Waals surface area contributed by atoms with Crippen LogP contribution in [0.2, 0.25) is 0 Å². The lowest BCUT2D eigenvalue weighted by Gasteiger charge is -2.34. The Morgan fingerprint density at radius 2 is 2.06 bits per heavy atom. The second-order valence-electron chi connectivity index (χ2n) is 6.47. The van der Waals surface area contributed by atoms with Crippen LogP contribution in [0.4, 0.5) is 4.79 Å². The Balaban J connectivity index is 2.72. The molecule has 106 valence electrons. The molecule has 4 heteroatoms. The molecule has 1 aliphatic heterocycles. The molecular weight excluding hydrogens is 230 g/mol. The van der Waals surface area contributed by atoms with Crippen LogP contribution in [0, 0.1) is 11.8 Å². The van der Waals surface area contributed by atoms with E-state index in [4.69, 9.17) is 4.74 Å². The van der Waals surface area contributed by atoms with Crippen molar-refractivity contribution in [3.05, 3.63) is 0 Å². The van der Waals surface area contributed by atoms with Crippen LogP contribution < -0.4 is 0 Å². The highest BCUT2D eigenvalue weighted by Crippen LogP contribution is 2.29. The van der Waals surface area contributed by atoms with E-state index in [1.54, 1.807) is 4.90 Å². The molecule has 0 saturated carbocycles. The molecule has 1 amide bonds. The highest BCUT2D eigenvalue weighted by atomic mass is 16.6. The summed E-state index contributed by atoms with van der Waals surface area (Å²) in [5.74, 6) is 0.503. The largest absolute Gasteiger partial charge is 0.444 e. The smallest absolute Gasteiger partial charge is 0.410 e. The first-order valence-electron chi connectivity index (χ1n) is 6.86. The van der Waals surface area contributed by atoms with Crippen LogP contribution >= 0.6 is 0 Å². The molecule has 1 heterocycles. The van der Waals surface area contributed by atoms with Gasteiger partial charge in [-0.25, -0.2) is 4.79 Å². The Bertz CT molecular complexity index is 283. The first kappa shape index (κ1) is 15.3. The maximum absolute atomic E-state index is 12.1. The van der Waals surface area contributed by atoms with Gasteiger partial charge in [-0.05, 0) is 39.5 Å². The third kappa shape index (κ3) is 3.87. The van der Waals surface area contributed by atoms with Gasteiger partial charge in [0.2, 0.25) is 0 Å². The summed E-state index contributed by atoms with van der Waals surface area (Å²) in [5.41, 5.74) is -0.462. The molecule has 0 aromatic rings. The SMILES string of the molecule is CC(C)C(CO)C1CCCN1C(=O)OC(C)(C)C. The molecule has 0 bridgehead atoms. The molecule has 1 saturated heterocycles. The van der Waals surface area contributed by atoms with E-state index >= 15 is 0 Å². The average Bonchev–Trinajstić information content (AvgIpc) is 2.64. The van der Waals surface area contributed by atoms with Gasteiger partial charge in [-0.3, -0.25) is 0 Å². The number of likely N-dealkylation sites (tertiary alicyclic amines) is 1. The molecule has 0 radical (unpaired) electrons.